The van der Waals surface area contributed by atoms with Crippen molar-refractivity contribution < 1.29 is 0 Å². The van der Waals surface area contributed by atoms with E-state index in [0.717, 1.165) is 5.92 Å². The van der Waals surface area contributed by atoms with E-state index in [9.17, 15) is 0 Å². The van der Waals surface area contributed by atoms with Crippen LogP contribution in [0.1, 0.15) is 50.3 Å². The maximum Gasteiger partial charge on any atom is 0.0323 e. The lowest BCUT2D eigenvalue weighted by molar-refractivity contribution is 0.406. The highest BCUT2D eigenvalue weighted by molar-refractivity contribution is 9.10. The lowest BCUT2D eigenvalue weighted by atomic mass is 9.91. The Bertz CT molecular complexity index is 349. The fraction of sp³-hybridized carbons (Fsp3) is 0.600. The summed E-state index contributed by atoms with van der Waals surface area (Å²) >= 11 is 3.56. The Balaban J connectivity index is 2.82. The fourth-order valence-electron chi connectivity index (χ4n) is 2.40. The standard InChI is InChI=1S/C15H24BrN/c1-5-6-11(2)9-15(17-4)14-10-13(16)8-7-12(14)3/h7-8,10-11,15,17H,5-6,9H2,1-4H3. The van der Waals surface area contributed by atoms with Crippen LogP contribution in [0.25, 0.3) is 0 Å². The van der Waals surface area contributed by atoms with E-state index >= 15 is 0 Å². The third-order valence-electron chi connectivity index (χ3n) is 3.38. The van der Waals surface area contributed by atoms with Crippen molar-refractivity contribution in [1.29, 1.82) is 0 Å². The SMILES string of the molecule is CCCC(C)CC(NC)c1cc(Br)ccc1C. The van der Waals surface area contributed by atoms with Crippen LogP contribution in [0, 0.1) is 12.8 Å². The smallest absolute Gasteiger partial charge is 0.0323 e. The largest absolute Gasteiger partial charge is 0.313 e. The fourth-order valence-corrected chi connectivity index (χ4v) is 2.78. The summed E-state index contributed by atoms with van der Waals surface area (Å²) in [5, 5.41) is 3.45. The molecular weight excluding hydrogens is 274 g/mol. The first-order valence-corrected chi connectivity index (χ1v) is 7.31. The first-order chi connectivity index (χ1) is 8.08. The molecule has 0 aromatic heterocycles. The normalized spacial score (nSPS) is 14.6. The van der Waals surface area contributed by atoms with Gasteiger partial charge in [-0.1, -0.05) is 48.7 Å². The van der Waals surface area contributed by atoms with Crippen molar-refractivity contribution in [3.63, 3.8) is 0 Å². The molecule has 0 amide bonds. The van der Waals surface area contributed by atoms with Gasteiger partial charge < -0.3 is 5.32 Å². The van der Waals surface area contributed by atoms with E-state index in [-0.39, 0.29) is 0 Å². The first kappa shape index (κ1) is 14.7. The summed E-state index contributed by atoms with van der Waals surface area (Å²) in [4.78, 5) is 0. The summed E-state index contributed by atoms with van der Waals surface area (Å²) in [5.41, 5.74) is 2.79. The van der Waals surface area contributed by atoms with E-state index in [1.165, 1.54) is 34.9 Å². The second-order valence-electron chi connectivity index (χ2n) is 4.97. The molecule has 1 nitrogen and oxygen atoms in total. The third-order valence-corrected chi connectivity index (χ3v) is 3.88. The number of hydrogen-bond acceptors (Lipinski definition) is 1. The zero-order valence-electron chi connectivity index (χ0n) is 11.4. The molecule has 0 radical (unpaired) electrons. The second-order valence-corrected chi connectivity index (χ2v) is 5.89. The van der Waals surface area contributed by atoms with Crippen LogP contribution in [-0.4, -0.2) is 7.05 Å². The second kappa shape index (κ2) is 7.17. The molecule has 0 saturated carbocycles. The third kappa shape index (κ3) is 4.44. The van der Waals surface area contributed by atoms with Crippen LogP contribution in [0.15, 0.2) is 22.7 Å². The molecule has 0 aliphatic carbocycles. The van der Waals surface area contributed by atoms with Gasteiger partial charge in [-0.05, 0) is 49.6 Å². The first-order valence-electron chi connectivity index (χ1n) is 6.51. The number of nitrogens with one attached hydrogen (secondary N) is 1. The Morgan fingerprint density at radius 3 is 2.65 bits per heavy atom. The Morgan fingerprint density at radius 2 is 2.06 bits per heavy atom. The van der Waals surface area contributed by atoms with Crippen LogP contribution in [0.4, 0.5) is 0 Å². The minimum atomic E-state index is 0.467. The van der Waals surface area contributed by atoms with Crippen molar-refractivity contribution in [1.82, 2.24) is 5.32 Å². The monoisotopic (exact) mass is 297 g/mol. The molecule has 17 heavy (non-hydrogen) atoms. The van der Waals surface area contributed by atoms with Gasteiger partial charge >= 0.3 is 0 Å². The quantitative estimate of drug-likeness (QED) is 0.792. The van der Waals surface area contributed by atoms with E-state index < -0.39 is 0 Å². The average molecular weight is 298 g/mol. The zero-order valence-corrected chi connectivity index (χ0v) is 13.0. The molecular formula is C15H24BrN. The van der Waals surface area contributed by atoms with Gasteiger partial charge in [-0.25, -0.2) is 0 Å². The van der Waals surface area contributed by atoms with Crippen molar-refractivity contribution in [3.8, 4) is 0 Å². The summed E-state index contributed by atoms with van der Waals surface area (Å²) in [5.74, 6) is 0.774. The van der Waals surface area contributed by atoms with Crippen LogP contribution < -0.4 is 5.32 Å². The van der Waals surface area contributed by atoms with E-state index in [1.54, 1.807) is 0 Å². The van der Waals surface area contributed by atoms with Gasteiger partial charge in [0.25, 0.3) is 0 Å². The summed E-state index contributed by atoms with van der Waals surface area (Å²) in [7, 11) is 2.06. The number of benzene rings is 1. The molecule has 0 heterocycles. The Hall–Kier alpha value is -0.340. The van der Waals surface area contributed by atoms with Gasteiger partial charge in [0.1, 0.15) is 0 Å². The molecule has 2 atom stereocenters. The highest BCUT2D eigenvalue weighted by Gasteiger charge is 2.15. The number of halogens is 1. The summed E-state index contributed by atoms with van der Waals surface area (Å²) in [6.07, 6.45) is 3.79. The van der Waals surface area contributed by atoms with Gasteiger partial charge in [0, 0.05) is 10.5 Å². The molecule has 2 unspecified atom stereocenters. The van der Waals surface area contributed by atoms with Crippen LogP contribution in [0.2, 0.25) is 0 Å². The molecule has 1 N–H and O–H groups in total. The lowest BCUT2D eigenvalue weighted by Gasteiger charge is -2.22. The molecule has 96 valence electrons. The maximum absolute atomic E-state index is 3.56. The van der Waals surface area contributed by atoms with E-state index in [1.807, 2.05) is 0 Å². The molecule has 1 aromatic carbocycles. The van der Waals surface area contributed by atoms with Gasteiger partial charge in [-0.2, -0.15) is 0 Å². The minimum Gasteiger partial charge on any atom is -0.313 e. The van der Waals surface area contributed by atoms with Crippen molar-refractivity contribution in [2.75, 3.05) is 7.05 Å². The Morgan fingerprint density at radius 1 is 1.35 bits per heavy atom. The van der Waals surface area contributed by atoms with Crippen molar-refractivity contribution in [2.45, 2.75) is 46.1 Å². The predicted molar refractivity (Wildman–Crippen MR) is 79.4 cm³/mol. The predicted octanol–water partition coefficient (Wildman–Crippen LogP) is 4.84. The molecule has 0 bridgehead atoms. The van der Waals surface area contributed by atoms with Crippen molar-refractivity contribution in [3.05, 3.63) is 33.8 Å². The van der Waals surface area contributed by atoms with E-state index in [4.69, 9.17) is 0 Å². The van der Waals surface area contributed by atoms with E-state index in [0.29, 0.717) is 6.04 Å². The van der Waals surface area contributed by atoms with Gasteiger partial charge in [-0.3, -0.25) is 0 Å². The highest BCUT2D eigenvalue weighted by atomic mass is 79.9. The summed E-state index contributed by atoms with van der Waals surface area (Å²) in [6.45, 7) is 6.80. The molecule has 1 aromatic rings. The molecule has 2 heteroatoms. The Kier molecular flexibility index (Phi) is 6.21. The average Bonchev–Trinajstić information content (AvgIpc) is 2.30. The molecule has 0 spiro atoms. The highest BCUT2D eigenvalue weighted by Crippen LogP contribution is 2.28. The number of aryl methyl sites for hydroxylation is 1. The van der Waals surface area contributed by atoms with Crippen LogP contribution in [0.3, 0.4) is 0 Å². The topological polar surface area (TPSA) is 12.0 Å². The zero-order chi connectivity index (χ0) is 12.8. The Labute approximate surface area is 114 Å². The van der Waals surface area contributed by atoms with Gasteiger partial charge in [-0.15, -0.1) is 0 Å². The molecule has 0 aliphatic rings. The van der Waals surface area contributed by atoms with E-state index in [2.05, 4.69) is 67.3 Å². The van der Waals surface area contributed by atoms with Gasteiger partial charge in [0.2, 0.25) is 0 Å². The minimum absolute atomic E-state index is 0.467. The summed E-state index contributed by atoms with van der Waals surface area (Å²) in [6, 6.07) is 7.01. The van der Waals surface area contributed by atoms with Gasteiger partial charge in [0.05, 0.1) is 0 Å². The van der Waals surface area contributed by atoms with Crippen molar-refractivity contribution in [2.24, 2.45) is 5.92 Å². The maximum atomic E-state index is 3.56. The molecule has 1 rings (SSSR count). The van der Waals surface area contributed by atoms with Crippen molar-refractivity contribution >= 4 is 15.9 Å². The lowest BCUT2D eigenvalue weighted by Crippen LogP contribution is -2.20. The summed E-state index contributed by atoms with van der Waals surface area (Å²) < 4.78 is 1.17. The van der Waals surface area contributed by atoms with Crippen LogP contribution >= 0.6 is 15.9 Å². The van der Waals surface area contributed by atoms with Crippen LogP contribution in [0.5, 0.6) is 0 Å². The molecule has 0 aliphatic heterocycles. The molecule has 0 saturated heterocycles. The number of hydrogen-bond donors (Lipinski definition) is 1. The van der Waals surface area contributed by atoms with Crippen LogP contribution in [-0.2, 0) is 0 Å². The number of rotatable bonds is 6. The van der Waals surface area contributed by atoms with Gasteiger partial charge in [0.15, 0.2) is 0 Å². The molecule has 0 fully saturated rings.